The number of rotatable bonds is 4. The highest BCUT2D eigenvalue weighted by atomic mass is 32.2. The van der Waals surface area contributed by atoms with E-state index in [-0.39, 0.29) is 4.90 Å². The molecule has 2 rings (SSSR count). The predicted octanol–water partition coefficient (Wildman–Crippen LogP) is 0.430. The Morgan fingerprint density at radius 2 is 2.05 bits per heavy atom. The van der Waals surface area contributed by atoms with Gasteiger partial charge in [0, 0.05) is 12.4 Å². The lowest BCUT2D eigenvalue weighted by atomic mass is 10.2. The van der Waals surface area contributed by atoms with Crippen LogP contribution in [0.1, 0.15) is 12.0 Å². The molecule has 0 unspecified atom stereocenters. The van der Waals surface area contributed by atoms with Crippen LogP contribution in [0, 0.1) is 6.92 Å². The molecule has 1 atom stereocenters. The Morgan fingerprint density at radius 3 is 2.67 bits per heavy atom. The molecule has 1 aromatic carbocycles. The molecule has 112 valence electrons. The van der Waals surface area contributed by atoms with Crippen molar-refractivity contribution in [3.8, 4) is 0 Å². The maximum atomic E-state index is 12.6. The first kappa shape index (κ1) is 15.0. The molecule has 0 radical (unpaired) electrons. The minimum atomic E-state index is -4.00. The fourth-order valence-electron chi connectivity index (χ4n) is 2.06. The molecule has 0 aliphatic carbocycles. The second-order valence-corrected chi connectivity index (χ2v) is 6.35. The Kier molecular flexibility index (Phi) is 3.99. The molecule has 1 aromatic rings. The molecular formula is C13H14N2O5S. The van der Waals surface area contributed by atoms with Crippen molar-refractivity contribution in [1.29, 1.82) is 0 Å². The Labute approximate surface area is 121 Å². The summed E-state index contributed by atoms with van der Waals surface area (Å²) in [6.45, 7) is 1.63. The molecule has 0 fully saturated rings. The van der Waals surface area contributed by atoms with E-state index in [2.05, 4.69) is 5.32 Å². The smallest absolute Gasteiger partial charge is 0.306 e. The number of amides is 1. The molecule has 0 bridgehead atoms. The highest BCUT2D eigenvalue weighted by molar-refractivity contribution is 7.89. The zero-order valence-electron chi connectivity index (χ0n) is 11.2. The average molecular weight is 310 g/mol. The van der Waals surface area contributed by atoms with E-state index in [1.807, 2.05) is 0 Å². The van der Waals surface area contributed by atoms with Gasteiger partial charge in [-0.1, -0.05) is 18.2 Å². The summed E-state index contributed by atoms with van der Waals surface area (Å²) < 4.78 is 26.1. The first-order valence-corrected chi connectivity index (χ1v) is 7.56. The van der Waals surface area contributed by atoms with Crippen LogP contribution in [-0.4, -0.2) is 35.7 Å². The van der Waals surface area contributed by atoms with E-state index < -0.39 is 34.4 Å². The summed E-state index contributed by atoms with van der Waals surface area (Å²) in [7, 11) is -4.00. The van der Waals surface area contributed by atoms with Gasteiger partial charge >= 0.3 is 5.97 Å². The summed E-state index contributed by atoms with van der Waals surface area (Å²) in [5.41, 5.74) is 0.519. The highest BCUT2D eigenvalue weighted by Gasteiger charge is 2.37. The van der Waals surface area contributed by atoms with Crippen molar-refractivity contribution in [3.05, 3.63) is 42.2 Å². The van der Waals surface area contributed by atoms with Crippen LogP contribution in [0.2, 0.25) is 0 Å². The molecule has 1 aliphatic heterocycles. The zero-order valence-corrected chi connectivity index (χ0v) is 12.0. The number of carbonyl (C=O) groups excluding carboxylic acids is 1. The Bertz CT molecular complexity index is 711. The third-order valence-electron chi connectivity index (χ3n) is 3.07. The molecular weight excluding hydrogens is 296 g/mol. The summed E-state index contributed by atoms with van der Waals surface area (Å²) in [6, 6.07) is 5.01. The summed E-state index contributed by atoms with van der Waals surface area (Å²) >= 11 is 0. The van der Waals surface area contributed by atoms with Crippen molar-refractivity contribution in [2.75, 3.05) is 0 Å². The van der Waals surface area contributed by atoms with Crippen molar-refractivity contribution < 1.29 is 23.1 Å². The van der Waals surface area contributed by atoms with Gasteiger partial charge in [0.2, 0.25) is 5.91 Å². The lowest BCUT2D eigenvalue weighted by Crippen LogP contribution is -2.50. The predicted molar refractivity (Wildman–Crippen MR) is 73.5 cm³/mol. The summed E-state index contributed by atoms with van der Waals surface area (Å²) in [6.07, 6.45) is 1.73. The number of nitrogens with zero attached hydrogens (tertiary/aromatic N) is 1. The van der Waals surface area contributed by atoms with Gasteiger partial charge < -0.3 is 10.4 Å². The van der Waals surface area contributed by atoms with E-state index in [1.54, 1.807) is 25.1 Å². The Balaban J connectivity index is 2.48. The quantitative estimate of drug-likeness (QED) is 0.839. The van der Waals surface area contributed by atoms with Crippen molar-refractivity contribution in [1.82, 2.24) is 9.62 Å². The lowest BCUT2D eigenvalue weighted by molar-refractivity contribution is -0.140. The molecule has 0 aromatic heterocycles. The second-order valence-electron chi connectivity index (χ2n) is 4.54. The fraction of sp³-hybridized carbons (Fsp3) is 0.231. The van der Waals surface area contributed by atoms with Gasteiger partial charge in [-0.2, -0.15) is 0 Å². The van der Waals surface area contributed by atoms with E-state index in [0.29, 0.717) is 5.56 Å². The second kappa shape index (κ2) is 5.57. The van der Waals surface area contributed by atoms with Crippen LogP contribution < -0.4 is 5.32 Å². The third-order valence-corrected chi connectivity index (χ3v) is 5.02. The Morgan fingerprint density at radius 1 is 1.38 bits per heavy atom. The molecule has 7 nitrogen and oxygen atoms in total. The minimum absolute atomic E-state index is 0.0414. The highest BCUT2D eigenvalue weighted by Crippen LogP contribution is 2.24. The molecule has 1 amide bonds. The normalized spacial score (nSPS) is 18.4. The van der Waals surface area contributed by atoms with E-state index in [4.69, 9.17) is 5.11 Å². The van der Waals surface area contributed by atoms with E-state index in [1.165, 1.54) is 12.3 Å². The van der Waals surface area contributed by atoms with E-state index in [0.717, 1.165) is 10.5 Å². The molecule has 0 spiro atoms. The van der Waals surface area contributed by atoms with Crippen LogP contribution >= 0.6 is 0 Å². The maximum Gasteiger partial charge on any atom is 0.306 e. The van der Waals surface area contributed by atoms with Crippen LogP contribution in [0.3, 0.4) is 0 Å². The van der Waals surface area contributed by atoms with Crippen molar-refractivity contribution in [2.45, 2.75) is 24.3 Å². The number of hydrogen-bond acceptors (Lipinski definition) is 4. The maximum absolute atomic E-state index is 12.6. The molecule has 0 saturated heterocycles. The number of carbonyl (C=O) groups is 2. The number of sulfonamides is 1. The van der Waals surface area contributed by atoms with Gasteiger partial charge in [0.1, 0.15) is 6.04 Å². The standard InChI is InChI=1S/C13H14N2O5S/c1-9-4-2-3-5-11(9)21(19,20)15-7-6-14-13(18)10(15)8-12(16)17/h2-7,10H,8H2,1H3,(H,14,18)(H,16,17)/t10-/m1/s1. The Hall–Kier alpha value is -2.35. The number of hydrogen-bond donors (Lipinski definition) is 2. The summed E-state index contributed by atoms with van der Waals surface area (Å²) in [4.78, 5) is 22.7. The van der Waals surface area contributed by atoms with Gasteiger partial charge in [0.15, 0.2) is 0 Å². The van der Waals surface area contributed by atoms with Gasteiger partial charge in [0.25, 0.3) is 10.0 Å². The van der Waals surface area contributed by atoms with Crippen LogP contribution in [-0.2, 0) is 19.6 Å². The largest absolute Gasteiger partial charge is 0.481 e. The molecule has 0 saturated carbocycles. The van der Waals surface area contributed by atoms with Crippen LogP contribution in [0.25, 0.3) is 0 Å². The van der Waals surface area contributed by atoms with Gasteiger partial charge in [-0.05, 0) is 18.6 Å². The number of carboxylic acid groups (broad SMARTS) is 1. The van der Waals surface area contributed by atoms with Crippen LogP contribution in [0.15, 0.2) is 41.6 Å². The molecule has 2 N–H and O–H groups in total. The topological polar surface area (TPSA) is 104 Å². The first-order valence-electron chi connectivity index (χ1n) is 6.12. The monoisotopic (exact) mass is 310 g/mol. The number of aliphatic carboxylic acids is 1. The van der Waals surface area contributed by atoms with Gasteiger partial charge in [-0.3, -0.25) is 13.9 Å². The molecule has 1 aliphatic rings. The summed E-state index contributed by atoms with van der Waals surface area (Å²) in [5.74, 6) is -1.92. The van der Waals surface area contributed by atoms with E-state index in [9.17, 15) is 18.0 Å². The lowest BCUT2D eigenvalue weighted by Gasteiger charge is -2.30. The fourth-order valence-corrected chi connectivity index (χ4v) is 3.74. The van der Waals surface area contributed by atoms with Crippen LogP contribution in [0.5, 0.6) is 0 Å². The third kappa shape index (κ3) is 2.89. The molecule has 21 heavy (non-hydrogen) atoms. The summed E-state index contributed by atoms with van der Waals surface area (Å²) in [5, 5.41) is 11.2. The minimum Gasteiger partial charge on any atom is -0.481 e. The average Bonchev–Trinajstić information content (AvgIpc) is 2.40. The number of benzene rings is 1. The molecule has 8 heteroatoms. The van der Waals surface area contributed by atoms with Crippen LogP contribution in [0.4, 0.5) is 0 Å². The SMILES string of the molecule is Cc1ccccc1S(=O)(=O)N1C=CNC(=O)[C@H]1CC(=O)O. The van der Waals surface area contributed by atoms with Gasteiger partial charge in [0.05, 0.1) is 11.3 Å². The van der Waals surface area contributed by atoms with E-state index >= 15 is 0 Å². The van der Waals surface area contributed by atoms with Gasteiger partial charge in [-0.25, -0.2) is 8.42 Å². The van der Waals surface area contributed by atoms with Crippen molar-refractivity contribution >= 4 is 21.9 Å². The number of nitrogens with one attached hydrogen (secondary N) is 1. The number of aryl methyl sites for hydroxylation is 1. The molecule has 1 heterocycles. The zero-order chi connectivity index (χ0) is 15.6. The number of carboxylic acids is 1. The van der Waals surface area contributed by atoms with Crippen molar-refractivity contribution in [2.24, 2.45) is 0 Å². The van der Waals surface area contributed by atoms with Crippen molar-refractivity contribution in [3.63, 3.8) is 0 Å². The first-order chi connectivity index (χ1) is 9.84. The van der Waals surface area contributed by atoms with Gasteiger partial charge in [-0.15, -0.1) is 0 Å².